The summed E-state index contributed by atoms with van der Waals surface area (Å²) in [5, 5.41) is 13.3. The molecule has 2 N–H and O–H groups in total. The number of aromatic hydroxyl groups is 1. The van der Waals surface area contributed by atoms with Crippen LogP contribution in [-0.4, -0.2) is 27.7 Å². The Labute approximate surface area is 155 Å². The van der Waals surface area contributed by atoms with Crippen molar-refractivity contribution in [1.29, 1.82) is 0 Å². The maximum atomic E-state index is 12.3. The number of nitrogens with zero attached hydrogens (tertiary/aromatic N) is 2. The van der Waals surface area contributed by atoms with Crippen molar-refractivity contribution in [3.63, 3.8) is 0 Å². The second-order valence-corrected chi connectivity index (χ2v) is 6.44. The minimum Gasteiger partial charge on any atom is -0.504 e. The van der Waals surface area contributed by atoms with Gasteiger partial charge in [-0.15, -0.1) is 0 Å². The van der Waals surface area contributed by atoms with Crippen LogP contribution in [-0.2, 0) is 4.79 Å². The molecular formula is C19H16ClN3O3. The average molecular weight is 370 g/mol. The van der Waals surface area contributed by atoms with Crippen molar-refractivity contribution in [1.82, 2.24) is 9.55 Å². The van der Waals surface area contributed by atoms with Crippen LogP contribution < -0.4 is 10.1 Å². The van der Waals surface area contributed by atoms with Gasteiger partial charge >= 0.3 is 0 Å². The van der Waals surface area contributed by atoms with Gasteiger partial charge in [-0.3, -0.25) is 9.36 Å². The van der Waals surface area contributed by atoms with Gasteiger partial charge in [0.25, 0.3) is 0 Å². The number of methoxy groups -OCH3 is 1. The van der Waals surface area contributed by atoms with E-state index in [1.54, 1.807) is 35.2 Å². The lowest BCUT2D eigenvalue weighted by atomic mass is 9.89. The highest BCUT2D eigenvalue weighted by Crippen LogP contribution is 2.40. The van der Waals surface area contributed by atoms with Crippen LogP contribution in [0.3, 0.4) is 0 Å². The van der Waals surface area contributed by atoms with Crippen molar-refractivity contribution in [2.45, 2.75) is 12.3 Å². The summed E-state index contributed by atoms with van der Waals surface area (Å²) in [5.74, 6) is 0.672. The molecule has 4 rings (SSSR count). The molecular weight excluding hydrogens is 354 g/mol. The maximum Gasteiger partial charge on any atom is 0.226 e. The summed E-state index contributed by atoms with van der Waals surface area (Å²) < 4.78 is 6.97. The number of ether oxygens (including phenoxy) is 1. The lowest BCUT2D eigenvalue weighted by Gasteiger charge is -2.24. The molecule has 0 bridgehead atoms. The van der Waals surface area contributed by atoms with E-state index in [0.29, 0.717) is 16.6 Å². The zero-order valence-electron chi connectivity index (χ0n) is 13.9. The summed E-state index contributed by atoms with van der Waals surface area (Å²) in [7, 11) is 1.49. The van der Waals surface area contributed by atoms with Crippen molar-refractivity contribution >= 4 is 23.3 Å². The number of halogens is 1. The molecule has 1 amide bonds. The lowest BCUT2D eigenvalue weighted by molar-refractivity contribution is -0.116. The Bertz CT molecular complexity index is 999. The molecule has 0 fully saturated rings. The van der Waals surface area contributed by atoms with E-state index in [-0.39, 0.29) is 24.0 Å². The number of aromatic nitrogens is 2. The number of hydrogen-bond acceptors (Lipinski definition) is 4. The van der Waals surface area contributed by atoms with E-state index in [1.807, 2.05) is 18.2 Å². The zero-order valence-corrected chi connectivity index (χ0v) is 14.7. The molecule has 132 valence electrons. The van der Waals surface area contributed by atoms with E-state index in [4.69, 9.17) is 16.3 Å². The summed E-state index contributed by atoms with van der Waals surface area (Å²) >= 11 is 6.30. The summed E-state index contributed by atoms with van der Waals surface area (Å²) in [4.78, 5) is 16.9. The largest absolute Gasteiger partial charge is 0.504 e. The molecule has 0 saturated carbocycles. The molecule has 0 saturated heterocycles. The van der Waals surface area contributed by atoms with Gasteiger partial charge in [0.15, 0.2) is 11.5 Å². The first-order valence-corrected chi connectivity index (χ1v) is 8.45. The van der Waals surface area contributed by atoms with Crippen LogP contribution in [0.4, 0.5) is 5.82 Å². The third kappa shape index (κ3) is 2.68. The fourth-order valence-corrected chi connectivity index (χ4v) is 3.45. The number of phenolic OH excluding ortho intramolecular Hbond substituents is 1. The Balaban J connectivity index is 1.83. The Morgan fingerprint density at radius 1 is 1.31 bits per heavy atom. The number of carbonyl (C=O) groups excluding carboxylic acids is 1. The summed E-state index contributed by atoms with van der Waals surface area (Å²) in [5.41, 5.74) is 2.34. The quantitative estimate of drug-likeness (QED) is 0.737. The maximum absolute atomic E-state index is 12.3. The summed E-state index contributed by atoms with van der Waals surface area (Å²) in [6.45, 7) is 0. The molecule has 0 aliphatic carbocycles. The molecule has 0 radical (unpaired) electrons. The average Bonchev–Trinajstić information content (AvgIpc) is 3.05. The standard InChI is InChI=1S/C19H16ClN3O3/c1-26-16-8-11(6-7-15(16)24)12-9-17(25)22-19-18(12)21-10-23(19)14-5-3-2-4-13(14)20/h2-8,10,12,24H,9H2,1H3,(H,22,25). The fourth-order valence-electron chi connectivity index (χ4n) is 3.22. The molecule has 3 aromatic rings. The van der Waals surface area contributed by atoms with Gasteiger partial charge in [-0.25, -0.2) is 4.98 Å². The smallest absolute Gasteiger partial charge is 0.226 e. The molecule has 6 nitrogen and oxygen atoms in total. The van der Waals surface area contributed by atoms with E-state index in [0.717, 1.165) is 16.9 Å². The molecule has 2 heterocycles. The Kier molecular flexibility index (Phi) is 4.05. The number of imidazole rings is 1. The van der Waals surface area contributed by atoms with Crippen LogP contribution in [0, 0.1) is 0 Å². The fraction of sp³-hybridized carbons (Fsp3) is 0.158. The van der Waals surface area contributed by atoms with E-state index < -0.39 is 0 Å². The third-order valence-electron chi connectivity index (χ3n) is 4.49. The van der Waals surface area contributed by atoms with Crippen LogP contribution in [0.1, 0.15) is 23.6 Å². The van der Waals surface area contributed by atoms with E-state index in [1.165, 1.54) is 7.11 Å². The molecule has 1 atom stereocenters. The Hall–Kier alpha value is -2.99. The topological polar surface area (TPSA) is 76.4 Å². The van der Waals surface area contributed by atoms with Gasteiger partial charge in [-0.2, -0.15) is 0 Å². The van der Waals surface area contributed by atoms with Crippen molar-refractivity contribution in [3.8, 4) is 17.2 Å². The first-order chi connectivity index (χ1) is 12.6. The van der Waals surface area contributed by atoms with Crippen molar-refractivity contribution in [2.24, 2.45) is 0 Å². The number of phenols is 1. The molecule has 26 heavy (non-hydrogen) atoms. The number of fused-ring (bicyclic) bond motifs is 1. The Morgan fingerprint density at radius 3 is 2.88 bits per heavy atom. The van der Waals surface area contributed by atoms with Gasteiger partial charge in [0.2, 0.25) is 5.91 Å². The van der Waals surface area contributed by atoms with Gasteiger partial charge in [-0.05, 0) is 29.8 Å². The van der Waals surface area contributed by atoms with Crippen LogP contribution in [0.2, 0.25) is 5.02 Å². The number of rotatable bonds is 3. The molecule has 1 aromatic heterocycles. The summed E-state index contributed by atoms with van der Waals surface area (Å²) in [6, 6.07) is 12.4. The van der Waals surface area contributed by atoms with Gasteiger partial charge < -0.3 is 15.2 Å². The van der Waals surface area contributed by atoms with E-state index >= 15 is 0 Å². The monoisotopic (exact) mass is 369 g/mol. The lowest BCUT2D eigenvalue weighted by Crippen LogP contribution is -2.25. The SMILES string of the molecule is COc1cc(C2CC(=O)Nc3c2ncn3-c2ccccc2Cl)ccc1O. The first-order valence-electron chi connectivity index (χ1n) is 8.07. The van der Waals surface area contributed by atoms with Crippen LogP contribution in [0.5, 0.6) is 11.5 Å². The van der Waals surface area contributed by atoms with Crippen molar-refractivity contribution < 1.29 is 14.6 Å². The number of amides is 1. The van der Waals surface area contributed by atoms with Crippen molar-refractivity contribution in [3.05, 3.63) is 65.1 Å². The molecule has 7 heteroatoms. The number of hydrogen-bond donors (Lipinski definition) is 2. The normalized spacial score (nSPS) is 16.1. The van der Waals surface area contributed by atoms with Crippen LogP contribution in [0.15, 0.2) is 48.8 Å². The van der Waals surface area contributed by atoms with E-state index in [2.05, 4.69) is 10.3 Å². The van der Waals surface area contributed by atoms with Crippen LogP contribution >= 0.6 is 11.6 Å². The van der Waals surface area contributed by atoms with Gasteiger partial charge in [-0.1, -0.05) is 29.8 Å². The molecule has 1 aliphatic rings. The van der Waals surface area contributed by atoms with Crippen molar-refractivity contribution in [2.75, 3.05) is 12.4 Å². The highest BCUT2D eigenvalue weighted by molar-refractivity contribution is 6.32. The predicted octanol–water partition coefficient (Wildman–Crippen LogP) is 3.71. The van der Waals surface area contributed by atoms with Gasteiger partial charge in [0, 0.05) is 12.3 Å². The highest BCUT2D eigenvalue weighted by Gasteiger charge is 2.31. The number of para-hydroxylation sites is 1. The minimum atomic E-state index is -0.239. The Morgan fingerprint density at radius 2 is 2.12 bits per heavy atom. The number of nitrogens with one attached hydrogen (secondary N) is 1. The zero-order chi connectivity index (χ0) is 18.3. The molecule has 1 unspecified atom stereocenters. The van der Waals surface area contributed by atoms with Gasteiger partial charge in [0.1, 0.15) is 12.1 Å². The van der Waals surface area contributed by atoms with E-state index in [9.17, 15) is 9.90 Å². The summed E-state index contributed by atoms with van der Waals surface area (Å²) in [6.07, 6.45) is 1.92. The number of benzene rings is 2. The molecule has 2 aromatic carbocycles. The predicted molar refractivity (Wildman–Crippen MR) is 98.3 cm³/mol. The highest BCUT2D eigenvalue weighted by atomic mass is 35.5. The van der Waals surface area contributed by atoms with Gasteiger partial charge in [0.05, 0.1) is 23.5 Å². The third-order valence-corrected chi connectivity index (χ3v) is 4.81. The van der Waals surface area contributed by atoms with Crippen LogP contribution in [0.25, 0.3) is 5.69 Å². The second-order valence-electron chi connectivity index (χ2n) is 6.04. The number of carbonyl (C=O) groups is 1. The molecule has 1 aliphatic heterocycles. The molecule has 0 spiro atoms. The number of anilines is 1. The minimum absolute atomic E-state index is 0.0540. The second kappa shape index (κ2) is 6.38. The first kappa shape index (κ1) is 16.5.